The number of benzene rings is 1. The van der Waals surface area contributed by atoms with Crippen molar-refractivity contribution in [3.8, 4) is 11.5 Å². The van der Waals surface area contributed by atoms with E-state index < -0.39 is 6.10 Å². The lowest BCUT2D eigenvalue weighted by Gasteiger charge is -2.29. The zero-order valence-electron chi connectivity index (χ0n) is 13.0. The Morgan fingerprint density at radius 2 is 2.17 bits per heavy atom. The average molecular weight is 313 g/mol. The number of hydrogen-bond acceptors (Lipinski definition) is 4. The lowest BCUT2D eigenvalue weighted by atomic mass is 10.1. The van der Waals surface area contributed by atoms with Crippen molar-refractivity contribution in [1.82, 2.24) is 14.9 Å². The van der Waals surface area contributed by atoms with E-state index in [1.807, 2.05) is 37.4 Å². The first-order valence-electron chi connectivity index (χ1n) is 7.90. The fraction of sp³-hybridized carbons (Fsp3) is 0.412. The van der Waals surface area contributed by atoms with Crippen LogP contribution in [0.1, 0.15) is 17.9 Å². The van der Waals surface area contributed by atoms with Crippen LogP contribution in [0.15, 0.2) is 30.5 Å². The molecule has 0 spiro atoms. The van der Waals surface area contributed by atoms with Crippen LogP contribution in [0, 0.1) is 6.92 Å². The molecule has 1 aromatic heterocycles. The maximum atomic E-state index is 12.5. The van der Waals surface area contributed by atoms with Crippen molar-refractivity contribution in [2.75, 3.05) is 6.61 Å². The lowest BCUT2D eigenvalue weighted by Crippen LogP contribution is -2.49. The maximum absolute atomic E-state index is 12.5. The third-order valence-corrected chi connectivity index (χ3v) is 4.26. The quantitative estimate of drug-likeness (QED) is 0.912. The number of carbonyl (C=O) groups excluding carboxylic acids is 1. The summed E-state index contributed by atoms with van der Waals surface area (Å²) in [5.74, 6) is 2.28. The van der Waals surface area contributed by atoms with E-state index in [2.05, 4.69) is 14.9 Å². The Hall–Kier alpha value is -2.50. The number of nitrogens with one attached hydrogen (secondary N) is 1. The molecule has 3 heterocycles. The van der Waals surface area contributed by atoms with E-state index in [1.165, 1.54) is 0 Å². The van der Waals surface area contributed by atoms with E-state index in [-0.39, 0.29) is 18.6 Å². The summed E-state index contributed by atoms with van der Waals surface area (Å²) in [7, 11) is 0. The van der Waals surface area contributed by atoms with Gasteiger partial charge >= 0.3 is 0 Å². The summed E-state index contributed by atoms with van der Waals surface area (Å²) in [5.41, 5.74) is 1.02. The van der Waals surface area contributed by atoms with Gasteiger partial charge in [0.15, 0.2) is 11.5 Å². The summed E-state index contributed by atoms with van der Waals surface area (Å²) in [5, 5.41) is 3.08. The van der Waals surface area contributed by atoms with E-state index >= 15 is 0 Å². The monoisotopic (exact) mass is 313 g/mol. The number of nitrogens with zero attached hydrogens (tertiary/aromatic N) is 2. The number of para-hydroxylation sites is 2. The van der Waals surface area contributed by atoms with Gasteiger partial charge in [0.1, 0.15) is 12.4 Å². The minimum absolute atomic E-state index is 0.101. The zero-order valence-corrected chi connectivity index (χ0v) is 13.0. The molecule has 23 heavy (non-hydrogen) atoms. The molecule has 0 aliphatic carbocycles. The van der Waals surface area contributed by atoms with Gasteiger partial charge < -0.3 is 19.4 Å². The Morgan fingerprint density at radius 3 is 3.04 bits per heavy atom. The predicted molar refractivity (Wildman–Crippen MR) is 83.6 cm³/mol. The zero-order chi connectivity index (χ0) is 15.8. The maximum Gasteiger partial charge on any atom is 0.264 e. The molecule has 1 aromatic carbocycles. The summed E-state index contributed by atoms with van der Waals surface area (Å²) in [6.07, 6.45) is 3.20. The molecule has 0 bridgehead atoms. The van der Waals surface area contributed by atoms with Crippen molar-refractivity contribution >= 4 is 5.91 Å². The first kappa shape index (κ1) is 14.1. The molecule has 1 amide bonds. The summed E-state index contributed by atoms with van der Waals surface area (Å²) >= 11 is 0. The van der Waals surface area contributed by atoms with Crippen LogP contribution in [-0.2, 0) is 17.8 Å². The number of carbonyl (C=O) groups is 1. The number of rotatable bonds is 2. The minimum Gasteiger partial charge on any atom is -0.485 e. The average Bonchev–Trinajstić information content (AvgIpc) is 2.93. The Labute approximate surface area is 134 Å². The van der Waals surface area contributed by atoms with E-state index in [0.29, 0.717) is 11.5 Å². The van der Waals surface area contributed by atoms with E-state index in [1.54, 1.807) is 0 Å². The molecule has 1 N–H and O–H groups in total. The molecule has 4 rings (SSSR count). The van der Waals surface area contributed by atoms with Gasteiger partial charge in [0, 0.05) is 25.2 Å². The number of aromatic nitrogens is 2. The fourth-order valence-electron chi connectivity index (χ4n) is 3.15. The SMILES string of the molecule is Cc1cn2c(n1)CC[C@H](NC(=O)[C@H]1COc3ccccc3O1)C2. The molecule has 0 unspecified atom stereocenters. The second kappa shape index (κ2) is 5.61. The van der Waals surface area contributed by atoms with Gasteiger partial charge in [-0.05, 0) is 25.5 Å². The van der Waals surface area contributed by atoms with Crippen molar-refractivity contribution in [3.05, 3.63) is 42.0 Å². The molecule has 2 aliphatic heterocycles. The standard InChI is InChI=1S/C17H19N3O3/c1-11-8-20-9-12(6-7-16(20)18-11)19-17(21)15-10-22-13-4-2-3-5-14(13)23-15/h2-5,8,12,15H,6-7,9-10H2,1H3,(H,19,21)/t12-,15+/m0/s1. The van der Waals surface area contributed by atoms with Crippen LogP contribution < -0.4 is 14.8 Å². The highest BCUT2D eigenvalue weighted by atomic mass is 16.6. The minimum atomic E-state index is -0.601. The largest absolute Gasteiger partial charge is 0.485 e. The topological polar surface area (TPSA) is 65.4 Å². The van der Waals surface area contributed by atoms with Crippen molar-refractivity contribution in [3.63, 3.8) is 0 Å². The Balaban J connectivity index is 1.39. The molecule has 0 saturated carbocycles. The Morgan fingerprint density at radius 1 is 1.35 bits per heavy atom. The molecule has 6 heteroatoms. The van der Waals surface area contributed by atoms with Crippen molar-refractivity contribution in [2.24, 2.45) is 0 Å². The Kier molecular flexibility index (Phi) is 3.44. The summed E-state index contributed by atoms with van der Waals surface area (Å²) in [6, 6.07) is 7.51. The van der Waals surface area contributed by atoms with Gasteiger partial charge in [-0.1, -0.05) is 12.1 Å². The first-order valence-corrected chi connectivity index (χ1v) is 7.90. The van der Waals surface area contributed by atoms with Crippen molar-refractivity contribution < 1.29 is 14.3 Å². The van der Waals surface area contributed by atoms with E-state index in [9.17, 15) is 4.79 Å². The third kappa shape index (κ3) is 2.76. The van der Waals surface area contributed by atoms with Crippen molar-refractivity contribution in [1.29, 1.82) is 0 Å². The molecular weight excluding hydrogens is 294 g/mol. The third-order valence-electron chi connectivity index (χ3n) is 4.26. The number of aryl methyl sites for hydroxylation is 2. The van der Waals surface area contributed by atoms with E-state index in [4.69, 9.17) is 9.47 Å². The van der Waals surface area contributed by atoms with Gasteiger partial charge in [-0.3, -0.25) is 4.79 Å². The number of amides is 1. The van der Waals surface area contributed by atoms with Crippen LogP contribution in [0.4, 0.5) is 0 Å². The Bertz CT molecular complexity index is 740. The second-order valence-corrected chi connectivity index (χ2v) is 6.06. The van der Waals surface area contributed by atoms with Crippen LogP contribution in [0.25, 0.3) is 0 Å². The molecule has 2 atom stereocenters. The highest BCUT2D eigenvalue weighted by molar-refractivity contribution is 5.82. The van der Waals surface area contributed by atoms with Gasteiger partial charge in [-0.25, -0.2) is 4.98 Å². The number of fused-ring (bicyclic) bond motifs is 2. The summed E-state index contributed by atoms with van der Waals surface area (Å²) in [4.78, 5) is 16.9. The molecule has 0 fully saturated rings. The molecular formula is C17H19N3O3. The van der Waals surface area contributed by atoms with Crippen LogP contribution in [0.5, 0.6) is 11.5 Å². The molecule has 6 nitrogen and oxygen atoms in total. The van der Waals surface area contributed by atoms with Gasteiger partial charge in [0.25, 0.3) is 5.91 Å². The normalized spacial score (nSPS) is 22.3. The smallest absolute Gasteiger partial charge is 0.264 e. The van der Waals surface area contributed by atoms with Gasteiger partial charge in [-0.2, -0.15) is 0 Å². The second-order valence-electron chi connectivity index (χ2n) is 6.06. The van der Waals surface area contributed by atoms with Crippen LogP contribution in [0.2, 0.25) is 0 Å². The van der Waals surface area contributed by atoms with Crippen molar-refractivity contribution in [2.45, 2.75) is 38.5 Å². The molecule has 120 valence electrons. The molecule has 0 radical (unpaired) electrons. The van der Waals surface area contributed by atoms with Gasteiger partial charge in [-0.15, -0.1) is 0 Å². The van der Waals surface area contributed by atoms with Gasteiger partial charge in [0.05, 0.1) is 5.69 Å². The molecule has 2 aromatic rings. The fourth-order valence-corrected chi connectivity index (χ4v) is 3.15. The highest BCUT2D eigenvalue weighted by Crippen LogP contribution is 2.31. The van der Waals surface area contributed by atoms with Crippen LogP contribution >= 0.6 is 0 Å². The summed E-state index contributed by atoms with van der Waals surface area (Å²) in [6.45, 7) is 2.99. The van der Waals surface area contributed by atoms with Crippen LogP contribution in [-0.4, -0.2) is 34.2 Å². The lowest BCUT2D eigenvalue weighted by molar-refractivity contribution is -0.131. The van der Waals surface area contributed by atoms with Crippen LogP contribution in [0.3, 0.4) is 0 Å². The highest BCUT2D eigenvalue weighted by Gasteiger charge is 2.30. The number of imidazole rings is 1. The summed E-state index contributed by atoms with van der Waals surface area (Å²) < 4.78 is 13.5. The van der Waals surface area contributed by atoms with E-state index in [0.717, 1.165) is 30.9 Å². The number of hydrogen-bond donors (Lipinski definition) is 1. The molecule has 2 aliphatic rings. The number of ether oxygens (including phenoxy) is 2. The predicted octanol–water partition coefficient (Wildman–Crippen LogP) is 1.46. The van der Waals surface area contributed by atoms with Gasteiger partial charge in [0.2, 0.25) is 6.10 Å². The first-order chi connectivity index (χ1) is 11.2. The molecule has 0 saturated heterocycles.